The molecule has 0 saturated carbocycles. The van der Waals surface area contributed by atoms with E-state index in [1.807, 2.05) is 30.3 Å². The molecule has 6 heteroatoms. The number of aromatic amines is 1. The van der Waals surface area contributed by atoms with E-state index in [0.717, 1.165) is 51.1 Å². The van der Waals surface area contributed by atoms with E-state index >= 15 is 0 Å². The molecule has 1 spiro atoms. The Balaban J connectivity index is 1.53. The quantitative estimate of drug-likeness (QED) is 0.902. The standard InChI is InChI=1S/C21H29N5O/c1-3-4-10-26-11-7-18-19(24-15-23-18)21(26)8-12-25(13-9-21)20(27)17-6-5-16(2)22-14-17/h5-6,14-15H,3-4,7-13H2,1-2H3,(H,23,24). The number of likely N-dealkylation sites (tertiary alicyclic amines) is 1. The van der Waals surface area contributed by atoms with Gasteiger partial charge in [0, 0.05) is 43.6 Å². The molecular formula is C21H29N5O. The van der Waals surface area contributed by atoms with Gasteiger partial charge in [-0.25, -0.2) is 4.98 Å². The van der Waals surface area contributed by atoms with Gasteiger partial charge < -0.3 is 9.88 Å². The van der Waals surface area contributed by atoms with E-state index < -0.39 is 0 Å². The van der Waals surface area contributed by atoms with Gasteiger partial charge in [-0.1, -0.05) is 13.3 Å². The summed E-state index contributed by atoms with van der Waals surface area (Å²) in [6.45, 7) is 7.90. The molecule has 1 N–H and O–H groups in total. The zero-order valence-corrected chi connectivity index (χ0v) is 16.4. The number of unbranched alkanes of at least 4 members (excludes halogenated alkanes) is 1. The molecule has 2 aromatic heterocycles. The maximum Gasteiger partial charge on any atom is 0.255 e. The number of fused-ring (bicyclic) bond motifs is 2. The van der Waals surface area contributed by atoms with Crippen molar-refractivity contribution in [3.8, 4) is 0 Å². The van der Waals surface area contributed by atoms with E-state index in [2.05, 4.69) is 21.8 Å². The summed E-state index contributed by atoms with van der Waals surface area (Å²) in [5.74, 6) is 0.0931. The molecule has 0 unspecified atom stereocenters. The maximum atomic E-state index is 12.9. The number of carbonyl (C=O) groups is 1. The Morgan fingerprint density at radius 1 is 1.22 bits per heavy atom. The van der Waals surface area contributed by atoms with Crippen LogP contribution in [0.2, 0.25) is 0 Å². The Hall–Kier alpha value is -2.21. The molecule has 6 nitrogen and oxygen atoms in total. The minimum absolute atomic E-state index is 0.0228. The lowest BCUT2D eigenvalue weighted by Crippen LogP contribution is -2.57. The zero-order valence-electron chi connectivity index (χ0n) is 16.4. The van der Waals surface area contributed by atoms with E-state index in [-0.39, 0.29) is 11.4 Å². The first kappa shape index (κ1) is 18.2. The number of H-pyrrole nitrogens is 1. The number of aromatic nitrogens is 3. The second-order valence-corrected chi connectivity index (χ2v) is 7.83. The highest BCUT2D eigenvalue weighted by Gasteiger charge is 2.46. The fourth-order valence-electron chi connectivity index (χ4n) is 4.61. The van der Waals surface area contributed by atoms with Gasteiger partial charge in [0.1, 0.15) is 0 Å². The van der Waals surface area contributed by atoms with Crippen LogP contribution in [0, 0.1) is 6.92 Å². The van der Waals surface area contributed by atoms with Gasteiger partial charge >= 0.3 is 0 Å². The molecule has 0 aliphatic carbocycles. The lowest BCUT2D eigenvalue weighted by molar-refractivity contribution is 0.00630. The molecule has 1 amide bonds. The Bertz CT molecular complexity index is 789. The highest BCUT2D eigenvalue weighted by molar-refractivity contribution is 5.94. The average Bonchev–Trinajstić information content (AvgIpc) is 3.18. The van der Waals surface area contributed by atoms with Crippen molar-refractivity contribution in [2.24, 2.45) is 0 Å². The summed E-state index contributed by atoms with van der Waals surface area (Å²) >= 11 is 0. The number of hydrogen-bond donors (Lipinski definition) is 1. The van der Waals surface area contributed by atoms with Crippen molar-refractivity contribution >= 4 is 5.91 Å². The second kappa shape index (κ2) is 7.43. The molecule has 2 aromatic rings. The number of rotatable bonds is 4. The molecule has 4 heterocycles. The molecule has 0 radical (unpaired) electrons. The van der Waals surface area contributed by atoms with Crippen molar-refractivity contribution < 1.29 is 4.79 Å². The number of aryl methyl sites for hydroxylation is 1. The number of hydrogen-bond acceptors (Lipinski definition) is 4. The SMILES string of the molecule is CCCCN1CCc2[nH]cnc2C12CCN(C(=O)c1ccc(C)nc1)CC2. The van der Waals surface area contributed by atoms with Crippen LogP contribution in [0.4, 0.5) is 0 Å². The third-order valence-corrected chi connectivity index (χ3v) is 6.21. The third-order valence-electron chi connectivity index (χ3n) is 6.21. The van der Waals surface area contributed by atoms with Gasteiger partial charge in [0.05, 0.1) is 23.1 Å². The summed E-state index contributed by atoms with van der Waals surface area (Å²) in [7, 11) is 0. The van der Waals surface area contributed by atoms with E-state index in [4.69, 9.17) is 4.98 Å². The number of amides is 1. The number of carbonyl (C=O) groups excluding carboxylic acids is 1. The topological polar surface area (TPSA) is 65.1 Å². The first-order chi connectivity index (χ1) is 13.1. The summed E-state index contributed by atoms with van der Waals surface area (Å²) in [5.41, 5.74) is 4.09. The van der Waals surface area contributed by atoms with Crippen LogP contribution in [-0.2, 0) is 12.0 Å². The van der Waals surface area contributed by atoms with Gasteiger partial charge in [-0.15, -0.1) is 0 Å². The summed E-state index contributed by atoms with van der Waals surface area (Å²) in [6, 6.07) is 3.79. The van der Waals surface area contributed by atoms with Crippen molar-refractivity contribution in [1.82, 2.24) is 24.8 Å². The highest BCUT2D eigenvalue weighted by atomic mass is 16.2. The number of piperidine rings is 1. The third kappa shape index (κ3) is 3.27. The largest absolute Gasteiger partial charge is 0.348 e. The Morgan fingerprint density at radius 3 is 2.74 bits per heavy atom. The fraction of sp³-hybridized carbons (Fsp3) is 0.571. The predicted molar refractivity (Wildman–Crippen MR) is 105 cm³/mol. The van der Waals surface area contributed by atoms with Gasteiger partial charge in [-0.2, -0.15) is 0 Å². The highest BCUT2D eigenvalue weighted by Crippen LogP contribution is 2.42. The molecule has 2 aliphatic heterocycles. The Morgan fingerprint density at radius 2 is 2.04 bits per heavy atom. The smallest absolute Gasteiger partial charge is 0.255 e. The fourth-order valence-corrected chi connectivity index (χ4v) is 4.61. The van der Waals surface area contributed by atoms with Gasteiger partial charge in [-0.05, 0) is 44.9 Å². The van der Waals surface area contributed by atoms with Gasteiger partial charge in [-0.3, -0.25) is 14.7 Å². The lowest BCUT2D eigenvalue weighted by Gasteiger charge is -2.50. The molecule has 0 atom stereocenters. The summed E-state index contributed by atoms with van der Waals surface area (Å²) < 4.78 is 0. The zero-order chi connectivity index (χ0) is 18.9. The normalized spacial score (nSPS) is 19.3. The summed E-state index contributed by atoms with van der Waals surface area (Å²) in [4.78, 5) is 29.8. The predicted octanol–water partition coefficient (Wildman–Crippen LogP) is 2.90. The number of nitrogens with zero attached hydrogens (tertiary/aromatic N) is 4. The van der Waals surface area contributed by atoms with Gasteiger partial charge in [0.2, 0.25) is 0 Å². The molecule has 1 fully saturated rings. The van der Waals surface area contributed by atoms with E-state index in [1.54, 1.807) is 6.20 Å². The number of nitrogens with one attached hydrogen (secondary N) is 1. The van der Waals surface area contributed by atoms with E-state index in [1.165, 1.54) is 24.2 Å². The molecule has 0 bridgehead atoms. The Kier molecular flexibility index (Phi) is 5.00. The van der Waals surface area contributed by atoms with Crippen LogP contribution in [0.25, 0.3) is 0 Å². The minimum Gasteiger partial charge on any atom is -0.348 e. The van der Waals surface area contributed by atoms with Gasteiger partial charge in [0.15, 0.2) is 0 Å². The molecule has 27 heavy (non-hydrogen) atoms. The van der Waals surface area contributed by atoms with E-state index in [9.17, 15) is 4.79 Å². The second-order valence-electron chi connectivity index (χ2n) is 7.83. The summed E-state index contributed by atoms with van der Waals surface area (Å²) in [6.07, 6.45) is 8.87. The maximum absolute atomic E-state index is 12.9. The van der Waals surface area contributed by atoms with Crippen LogP contribution in [0.5, 0.6) is 0 Å². The molecule has 144 valence electrons. The number of imidazole rings is 1. The van der Waals surface area contributed by atoms with Crippen LogP contribution >= 0.6 is 0 Å². The number of pyridine rings is 1. The van der Waals surface area contributed by atoms with Crippen LogP contribution < -0.4 is 0 Å². The van der Waals surface area contributed by atoms with E-state index in [0.29, 0.717) is 5.56 Å². The average molecular weight is 367 g/mol. The molecular weight excluding hydrogens is 338 g/mol. The van der Waals surface area contributed by atoms with Crippen molar-refractivity contribution in [3.05, 3.63) is 47.3 Å². The minimum atomic E-state index is -0.0228. The van der Waals surface area contributed by atoms with Crippen molar-refractivity contribution in [2.75, 3.05) is 26.2 Å². The van der Waals surface area contributed by atoms with Crippen LogP contribution in [0.3, 0.4) is 0 Å². The summed E-state index contributed by atoms with van der Waals surface area (Å²) in [5, 5.41) is 0. The monoisotopic (exact) mass is 367 g/mol. The van der Waals surface area contributed by atoms with Crippen molar-refractivity contribution in [1.29, 1.82) is 0 Å². The molecule has 1 saturated heterocycles. The lowest BCUT2D eigenvalue weighted by atomic mass is 9.78. The molecule has 2 aliphatic rings. The van der Waals surface area contributed by atoms with Crippen LogP contribution in [0.15, 0.2) is 24.7 Å². The first-order valence-corrected chi connectivity index (χ1v) is 10.1. The van der Waals surface area contributed by atoms with Crippen molar-refractivity contribution in [2.45, 2.75) is 51.5 Å². The van der Waals surface area contributed by atoms with Crippen LogP contribution in [-0.4, -0.2) is 56.8 Å². The first-order valence-electron chi connectivity index (χ1n) is 10.1. The van der Waals surface area contributed by atoms with Gasteiger partial charge in [0.25, 0.3) is 5.91 Å². The molecule has 0 aromatic carbocycles. The Labute approximate surface area is 161 Å². The molecule has 4 rings (SSSR count). The van der Waals surface area contributed by atoms with Crippen LogP contribution in [0.1, 0.15) is 60.0 Å². The van der Waals surface area contributed by atoms with Crippen molar-refractivity contribution in [3.63, 3.8) is 0 Å².